The third-order valence-corrected chi connectivity index (χ3v) is 12.7. The second-order valence-electron chi connectivity index (χ2n) is 10.3. The molecule has 1 N–H and O–H groups in total. The van der Waals surface area contributed by atoms with Crippen molar-refractivity contribution >= 4 is 30.0 Å². The summed E-state index contributed by atoms with van der Waals surface area (Å²) >= 11 is 0. The maximum atomic E-state index is 13.5. The first-order valence-electron chi connectivity index (χ1n) is 11.7. The molecule has 0 heterocycles. The molecule has 0 amide bonds. The van der Waals surface area contributed by atoms with Crippen LogP contribution < -0.4 is 4.72 Å². The lowest BCUT2D eigenvalue weighted by molar-refractivity contribution is -0.387. The molecule has 0 aromatic heterocycles. The second-order valence-corrected chi connectivity index (χ2v) is 16.7. The predicted molar refractivity (Wildman–Crippen MR) is 141 cm³/mol. The van der Waals surface area contributed by atoms with Crippen LogP contribution in [0.5, 0.6) is 0 Å². The molecular weight excluding hydrogens is 500 g/mol. The first-order valence-corrected chi connectivity index (χ1v) is 16.1. The quantitative estimate of drug-likeness (QED) is 0.135. The van der Waals surface area contributed by atoms with E-state index < -0.39 is 45.4 Å². The van der Waals surface area contributed by atoms with Crippen LogP contribution in [0.15, 0.2) is 59.5 Å². The Kier molecular flexibility index (Phi) is 9.57. The van der Waals surface area contributed by atoms with Crippen LogP contribution in [-0.4, -0.2) is 46.9 Å². The molecule has 0 spiro atoms. The van der Waals surface area contributed by atoms with E-state index >= 15 is 0 Å². The molecule has 1 atom stereocenters. The van der Waals surface area contributed by atoms with Crippen molar-refractivity contribution in [1.29, 1.82) is 0 Å². The highest BCUT2D eigenvalue weighted by atomic mass is 32.2. The molecule has 198 valence electrons. The average molecular weight is 537 g/mol. The summed E-state index contributed by atoms with van der Waals surface area (Å²) in [5, 5.41) is 11.5. The molecule has 0 fully saturated rings. The Bertz CT molecular complexity index is 1160. The van der Waals surface area contributed by atoms with E-state index in [9.17, 15) is 23.3 Å². The number of nitro benzene ring substituents is 1. The van der Waals surface area contributed by atoms with Crippen LogP contribution in [0.1, 0.15) is 39.2 Å². The summed E-state index contributed by atoms with van der Waals surface area (Å²) in [5.41, 5.74) is -1.57. The fourth-order valence-electron chi connectivity index (χ4n) is 3.60. The highest BCUT2D eigenvalue weighted by Gasteiger charge is 2.45. The second kappa shape index (κ2) is 11.6. The Balaban J connectivity index is 2.46. The average Bonchev–Trinajstić information content (AvgIpc) is 2.80. The lowest BCUT2D eigenvalue weighted by Crippen LogP contribution is -2.56. The number of sulfonamides is 1. The zero-order valence-corrected chi connectivity index (χ0v) is 23.6. The Morgan fingerprint density at radius 1 is 1.06 bits per heavy atom. The predicted octanol–water partition coefficient (Wildman–Crippen LogP) is 4.83. The smallest absolute Gasteiger partial charge is 0.327 e. The standard InChI is InChI=1S/C25H36N2O7SSi/c1-24(2,3)36(5,6)34-18-12-17-25(23(28)33-4,19-20-13-8-7-9-14-20)26-35(31,32)22-16-11-10-15-21(22)27(29)30/h7-11,13-16,26H,12,17-19H2,1-6H3. The molecule has 9 nitrogen and oxygen atoms in total. The molecule has 0 bridgehead atoms. The first-order chi connectivity index (χ1) is 16.7. The van der Waals surface area contributed by atoms with Crippen molar-refractivity contribution in [1.82, 2.24) is 4.72 Å². The number of hydrogen-bond acceptors (Lipinski definition) is 7. The largest absolute Gasteiger partial charge is 0.468 e. The monoisotopic (exact) mass is 536 g/mol. The van der Waals surface area contributed by atoms with Crippen LogP contribution in [0.3, 0.4) is 0 Å². The van der Waals surface area contributed by atoms with Crippen LogP contribution in [0, 0.1) is 10.1 Å². The van der Waals surface area contributed by atoms with Gasteiger partial charge >= 0.3 is 5.97 Å². The number of nitro groups is 1. The van der Waals surface area contributed by atoms with Gasteiger partial charge in [0.2, 0.25) is 10.0 Å². The third-order valence-electron chi connectivity index (χ3n) is 6.62. The number of carbonyl (C=O) groups excluding carboxylic acids is 1. The molecular formula is C25H36N2O7SSi. The van der Waals surface area contributed by atoms with Crippen LogP contribution in [0.25, 0.3) is 0 Å². The number of nitrogens with one attached hydrogen (secondary N) is 1. The maximum Gasteiger partial charge on any atom is 0.327 e. The topological polar surface area (TPSA) is 125 Å². The van der Waals surface area contributed by atoms with Gasteiger partial charge in [-0.3, -0.25) is 14.9 Å². The summed E-state index contributed by atoms with van der Waals surface area (Å²) < 4.78 is 40.7. The zero-order chi connectivity index (χ0) is 27.2. The summed E-state index contributed by atoms with van der Waals surface area (Å²) in [6.45, 7) is 10.9. The number of esters is 1. The van der Waals surface area contributed by atoms with Gasteiger partial charge in [-0.05, 0) is 42.6 Å². The molecule has 0 aliphatic carbocycles. The molecule has 0 saturated carbocycles. The molecule has 2 rings (SSSR count). The molecule has 2 aromatic carbocycles. The normalized spacial score (nSPS) is 14.2. The van der Waals surface area contributed by atoms with Crippen LogP contribution in [0.4, 0.5) is 5.69 Å². The van der Waals surface area contributed by atoms with Crippen LogP contribution in [-0.2, 0) is 30.4 Å². The molecule has 0 saturated heterocycles. The summed E-state index contributed by atoms with van der Waals surface area (Å²) in [6.07, 6.45) is 0.442. The Morgan fingerprint density at radius 3 is 2.19 bits per heavy atom. The summed E-state index contributed by atoms with van der Waals surface area (Å²) in [6, 6.07) is 14.0. The Morgan fingerprint density at radius 2 is 1.64 bits per heavy atom. The third kappa shape index (κ3) is 7.22. The van der Waals surface area contributed by atoms with Crippen molar-refractivity contribution in [2.75, 3.05) is 13.7 Å². The van der Waals surface area contributed by atoms with Crippen molar-refractivity contribution in [2.24, 2.45) is 0 Å². The summed E-state index contributed by atoms with van der Waals surface area (Å²) in [4.78, 5) is 23.4. The Hall–Kier alpha value is -2.60. The number of rotatable bonds is 12. The van der Waals surface area contributed by atoms with Crippen molar-refractivity contribution in [2.45, 2.75) is 68.6 Å². The SMILES string of the molecule is COC(=O)C(CCCO[Si](C)(C)C(C)(C)C)(Cc1ccccc1)NS(=O)(=O)c1ccccc1[N+](=O)[O-]. The van der Waals surface area contributed by atoms with Crippen LogP contribution >= 0.6 is 0 Å². The van der Waals surface area contributed by atoms with Crippen molar-refractivity contribution in [3.63, 3.8) is 0 Å². The minimum absolute atomic E-state index is 0.000463. The van der Waals surface area contributed by atoms with Gasteiger partial charge < -0.3 is 9.16 Å². The number of hydrogen-bond donors (Lipinski definition) is 1. The van der Waals surface area contributed by atoms with E-state index in [-0.39, 0.29) is 17.9 Å². The maximum absolute atomic E-state index is 13.5. The van der Waals surface area contributed by atoms with Crippen molar-refractivity contribution < 1.29 is 27.3 Å². The molecule has 0 radical (unpaired) electrons. The van der Waals surface area contributed by atoms with E-state index in [1.165, 1.54) is 19.2 Å². The summed E-state index contributed by atoms with van der Waals surface area (Å²) in [7, 11) is -5.35. The number of para-hydroxylation sites is 1. The highest BCUT2D eigenvalue weighted by Crippen LogP contribution is 2.37. The highest BCUT2D eigenvalue weighted by molar-refractivity contribution is 7.89. The molecule has 1 unspecified atom stereocenters. The molecule has 11 heteroatoms. The summed E-state index contributed by atoms with van der Waals surface area (Å²) in [5.74, 6) is -0.777. The van der Waals surface area contributed by atoms with Crippen molar-refractivity contribution in [3.05, 3.63) is 70.3 Å². The molecule has 36 heavy (non-hydrogen) atoms. The van der Waals surface area contributed by atoms with Gasteiger partial charge in [0.1, 0.15) is 5.54 Å². The molecule has 0 aliphatic rings. The van der Waals surface area contributed by atoms with Gasteiger partial charge in [0, 0.05) is 19.1 Å². The van der Waals surface area contributed by atoms with Gasteiger partial charge in [-0.1, -0.05) is 63.2 Å². The van der Waals surface area contributed by atoms with E-state index in [2.05, 4.69) is 38.6 Å². The van der Waals surface area contributed by atoms with Gasteiger partial charge in [0.05, 0.1) is 12.0 Å². The lowest BCUT2D eigenvalue weighted by atomic mass is 9.87. The van der Waals surface area contributed by atoms with Crippen LogP contribution in [0.2, 0.25) is 18.1 Å². The molecule has 2 aromatic rings. The van der Waals surface area contributed by atoms with Crippen molar-refractivity contribution in [3.8, 4) is 0 Å². The number of benzene rings is 2. The lowest BCUT2D eigenvalue weighted by Gasteiger charge is -2.37. The zero-order valence-electron chi connectivity index (χ0n) is 21.7. The molecule has 0 aliphatic heterocycles. The number of ether oxygens (including phenoxy) is 1. The van der Waals surface area contributed by atoms with E-state index in [4.69, 9.17) is 9.16 Å². The Labute approximate surface area is 214 Å². The van der Waals surface area contributed by atoms with E-state index in [1.54, 1.807) is 24.3 Å². The van der Waals surface area contributed by atoms with Gasteiger partial charge in [0.15, 0.2) is 13.2 Å². The van der Waals surface area contributed by atoms with Gasteiger partial charge in [0.25, 0.3) is 5.69 Å². The number of carbonyl (C=O) groups is 1. The fraction of sp³-hybridized carbons (Fsp3) is 0.480. The number of methoxy groups -OCH3 is 1. The van der Waals surface area contributed by atoms with E-state index in [0.29, 0.717) is 18.6 Å². The number of nitrogens with zero attached hydrogens (tertiary/aromatic N) is 1. The van der Waals surface area contributed by atoms with E-state index in [1.807, 2.05) is 6.07 Å². The van der Waals surface area contributed by atoms with E-state index in [0.717, 1.165) is 12.1 Å². The van der Waals surface area contributed by atoms with Gasteiger partial charge in [-0.2, -0.15) is 4.72 Å². The van der Waals surface area contributed by atoms with Gasteiger partial charge in [-0.25, -0.2) is 8.42 Å². The van der Waals surface area contributed by atoms with Gasteiger partial charge in [-0.15, -0.1) is 0 Å². The fourth-order valence-corrected chi connectivity index (χ4v) is 6.24. The minimum atomic E-state index is -4.48. The first kappa shape index (κ1) is 29.6. The minimum Gasteiger partial charge on any atom is -0.468 e.